The van der Waals surface area contributed by atoms with Gasteiger partial charge in [-0.3, -0.25) is 4.99 Å². The van der Waals surface area contributed by atoms with Gasteiger partial charge in [-0.15, -0.1) is 24.0 Å². The highest BCUT2D eigenvalue weighted by atomic mass is 127. The van der Waals surface area contributed by atoms with Crippen LogP contribution >= 0.6 is 35.6 Å². The number of halogens is 2. The minimum absolute atomic E-state index is 0. The third-order valence-corrected chi connectivity index (χ3v) is 2.50. The summed E-state index contributed by atoms with van der Waals surface area (Å²) in [5, 5.41) is 0.727. The van der Waals surface area contributed by atoms with E-state index in [1.807, 2.05) is 24.3 Å². The fourth-order valence-electron chi connectivity index (χ4n) is 1.29. The number of benzene rings is 1. The van der Waals surface area contributed by atoms with E-state index in [9.17, 15) is 0 Å². The number of nitrogens with two attached hydrogens (primary N) is 2. The van der Waals surface area contributed by atoms with Crippen molar-refractivity contribution in [3.8, 4) is 0 Å². The lowest BCUT2D eigenvalue weighted by Crippen LogP contribution is -2.28. The predicted molar refractivity (Wildman–Crippen MR) is 80.6 cm³/mol. The van der Waals surface area contributed by atoms with Crippen molar-refractivity contribution >= 4 is 41.5 Å². The minimum atomic E-state index is -0.116. The first kappa shape index (κ1) is 15.5. The monoisotopic (exact) mass is 353 g/mol. The number of rotatable bonds is 3. The molecular weight excluding hydrogens is 336 g/mol. The lowest BCUT2D eigenvalue weighted by atomic mass is 9.85. The Labute approximate surface area is 118 Å². The van der Waals surface area contributed by atoms with Crippen LogP contribution in [0.5, 0.6) is 0 Å². The molecule has 0 heterocycles. The maximum absolute atomic E-state index is 5.93. The summed E-state index contributed by atoms with van der Waals surface area (Å²) >= 11 is 5.93. The zero-order chi connectivity index (χ0) is 11.5. The molecule has 0 radical (unpaired) electrons. The zero-order valence-electron chi connectivity index (χ0n) is 9.40. The molecule has 0 fully saturated rings. The number of guanidine groups is 1. The summed E-state index contributed by atoms with van der Waals surface area (Å²) in [6.45, 7) is 4.70. The van der Waals surface area contributed by atoms with Crippen LogP contribution in [0, 0.1) is 0 Å². The highest BCUT2D eigenvalue weighted by molar-refractivity contribution is 14.0. The van der Waals surface area contributed by atoms with Gasteiger partial charge in [0.15, 0.2) is 5.96 Å². The molecule has 0 aliphatic carbocycles. The van der Waals surface area contributed by atoms with Gasteiger partial charge >= 0.3 is 0 Å². The fourth-order valence-corrected chi connectivity index (χ4v) is 1.48. The van der Waals surface area contributed by atoms with Crippen molar-refractivity contribution in [3.05, 3.63) is 34.9 Å². The van der Waals surface area contributed by atoms with E-state index in [4.69, 9.17) is 23.1 Å². The van der Waals surface area contributed by atoms with Crippen LogP contribution in [0.1, 0.15) is 19.4 Å². The van der Waals surface area contributed by atoms with Gasteiger partial charge in [-0.05, 0) is 17.7 Å². The molecule has 0 bridgehead atoms. The largest absolute Gasteiger partial charge is 0.370 e. The molecule has 1 aromatic rings. The van der Waals surface area contributed by atoms with Gasteiger partial charge in [0.25, 0.3) is 0 Å². The fraction of sp³-hybridized carbons (Fsp3) is 0.364. The van der Waals surface area contributed by atoms with Crippen molar-refractivity contribution in [2.45, 2.75) is 19.3 Å². The van der Waals surface area contributed by atoms with E-state index in [1.165, 1.54) is 0 Å². The Morgan fingerprint density at radius 1 is 1.38 bits per heavy atom. The second-order valence-electron chi connectivity index (χ2n) is 4.14. The molecule has 1 rings (SSSR count). The minimum Gasteiger partial charge on any atom is -0.370 e. The van der Waals surface area contributed by atoms with Crippen molar-refractivity contribution in [2.75, 3.05) is 6.54 Å². The average Bonchev–Trinajstić information content (AvgIpc) is 2.15. The normalized spacial score (nSPS) is 10.4. The van der Waals surface area contributed by atoms with E-state index in [-0.39, 0.29) is 35.4 Å². The first-order valence-electron chi connectivity index (χ1n) is 4.73. The molecule has 0 saturated heterocycles. The predicted octanol–water partition coefficient (Wildman–Crippen LogP) is 2.51. The van der Waals surface area contributed by atoms with E-state index in [2.05, 4.69) is 18.8 Å². The number of hydrogen-bond acceptors (Lipinski definition) is 1. The molecule has 4 N–H and O–H groups in total. The first-order chi connectivity index (χ1) is 6.92. The molecular formula is C11H17ClIN3. The summed E-state index contributed by atoms with van der Waals surface area (Å²) < 4.78 is 0. The first-order valence-corrected chi connectivity index (χ1v) is 5.11. The van der Waals surface area contributed by atoms with Crippen molar-refractivity contribution in [3.63, 3.8) is 0 Å². The maximum Gasteiger partial charge on any atom is 0.185 e. The van der Waals surface area contributed by atoms with Crippen LogP contribution in [0.3, 0.4) is 0 Å². The van der Waals surface area contributed by atoms with Gasteiger partial charge in [-0.2, -0.15) is 0 Å². The van der Waals surface area contributed by atoms with Crippen molar-refractivity contribution in [2.24, 2.45) is 16.5 Å². The van der Waals surface area contributed by atoms with Crippen molar-refractivity contribution in [1.29, 1.82) is 0 Å². The van der Waals surface area contributed by atoms with Gasteiger partial charge in [0, 0.05) is 10.4 Å². The molecule has 0 saturated carbocycles. The van der Waals surface area contributed by atoms with E-state index >= 15 is 0 Å². The Kier molecular flexibility index (Phi) is 6.10. The van der Waals surface area contributed by atoms with E-state index in [0.717, 1.165) is 10.6 Å². The van der Waals surface area contributed by atoms with Crippen LogP contribution in [-0.4, -0.2) is 12.5 Å². The lowest BCUT2D eigenvalue weighted by Gasteiger charge is -2.23. The molecule has 90 valence electrons. The third kappa shape index (κ3) is 4.57. The van der Waals surface area contributed by atoms with Crippen LogP contribution in [0.25, 0.3) is 0 Å². The summed E-state index contributed by atoms with van der Waals surface area (Å²) in [7, 11) is 0. The summed E-state index contributed by atoms with van der Waals surface area (Å²) in [6, 6.07) is 7.73. The Hall–Kier alpha value is -0.490. The Bertz CT molecular complexity index is 373. The molecule has 0 atom stereocenters. The van der Waals surface area contributed by atoms with E-state index < -0.39 is 0 Å². The number of aliphatic imine (C=N–C) groups is 1. The van der Waals surface area contributed by atoms with Crippen molar-refractivity contribution < 1.29 is 0 Å². The van der Waals surface area contributed by atoms with Crippen LogP contribution in [-0.2, 0) is 5.41 Å². The van der Waals surface area contributed by atoms with E-state index in [1.54, 1.807) is 0 Å². The number of hydrogen-bond donors (Lipinski definition) is 2. The van der Waals surface area contributed by atoms with Gasteiger partial charge in [-0.1, -0.05) is 37.6 Å². The molecule has 0 spiro atoms. The summed E-state index contributed by atoms with van der Waals surface area (Å²) in [4.78, 5) is 4.03. The molecule has 0 aliphatic heterocycles. The summed E-state index contributed by atoms with van der Waals surface area (Å²) in [5.74, 6) is 0.116. The zero-order valence-corrected chi connectivity index (χ0v) is 12.5. The third-order valence-electron chi connectivity index (χ3n) is 2.26. The molecule has 0 unspecified atom stereocenters. The standard InChI is InChI=1S/C11H16ClN3.HI/c1-11(2,7-15-10(13)14)8-4-3-5-9(12)6-8;/h3-6H,7H2,1-2H3,(H4,13,14,15);1H. The molecule has 0 aliphatic rings. The van der Waals surface area contributed by atoms with E-state index in [0.29, 0.717) is 6.54 Å². The Morgan fingerprint density at radius 3 is 2.50 bits per heavy atom. The summed E-state index contributed by atoms with van der Waals surface area (Å²) in [5.41, 5.74) is 11.6. The topological polar surface area (TPSA) is 64.4 Å². The second kappa shape index (κ2) is 6.30. The second-order valence-corrected chi connectivity index (χ2v) is 4.57. The summed E-state index contributed by atoms with van der Waals surface area (Å²) in [6.07, 6.45) is 0. The quantitative estimate of drug-likeness (QED) is 0.498. The molecule has 0 aromatic heterocycles. The van der Waals surface area contributed by atoms with Crippen LogP contribution in [0.15, 0.2) is 29.3 Å². The molecule has 5 heteroatoms. The van der Waals surface area contributed by atoms with Gasteiger partial charge in [-0.25, -0.2) is 0 Å². The smallest absolute Gasteiger partial charge is 0.185 e. The molecule has 1 aromatic carbocycles. The maximum atomic E-state index is 5.93. The van der Waals surface area contributed by atoms with Crippen LogP contribution < -0.4 is 11.5 Å². The molecule has 0 amide bonds. The number of nitrogens with zero attached hydrogens (tertiary/aromatic N) is 1. The SMILES string of the molecule is CC(C)(CN=C(N)N)c1cccc(Cl)c1.I. The highest BCUT2D eigenvalue weighted by Crippen LogP contribution is 2.25. The van der Waals surface area contributed by atoms with Gasteiger partial charge < -0.3 is 11.5 Å². The van der Waals surface area contributed by atoms with Gasteiger partial charge in [0.2, 0.25) is 0 Å². The molecule has 3 nitrogen and oxygen atoms in total. The van der Waals surface area contributed by atoms with Gasteiger partial charge in [0.05, 0.1) is 6.54 Å². The average molecular weight is 354 g/mol. The highest BCUT2D eigenvalue weighted by Gasteiger charge is 2.20. The lowest BCUT2D eigenvalue weighted by molar-refractivity contribution is 0.540. The molecule has 16 heavy (non-hydrogen) atoms. The van der Waals surface area contributed by atoms with Crippen LogP contribution in [0.4, 0.5) is 0 Å². The van der Waals surface area contributed by atoms with Crippen molar-refractivity contribution in [1.82, 2.24) is 0 Å². The van der Waals surface area contributed by atoms with Gasteiger partial charge in [0.1, 0.15) is 0 Å². The Morgan fingerprint density at radius 2 is 2.00 bits per heavy atom. The Balaban J connectivity index is 0.00000225. The van der Waals surface area contributed by atoms with Crippen LogP contribution in [0.2, 0.25) is 5.02 Å².